The van der Waals surface area contributed by atoms with E-state index in [1.54, 1.807) is 15.8 Å². The molecule has 142 valence electrons. The summed E-state index contributed by atoms with van der Waals surface area (Å²) in [6.07, 6.45) is 1.74. The van der Waals surface area contributed by atoms with E-state index in [1.165, 1.54) is 16.9 Å². The van der Waals surface area contributed by atoms with Crippen molar-refractivity contribution in [1.29, 1.82) is 0 Å². The van der Waals surface area contributed by atoms with Gasteiger partial charge in [-0.15, -0.1) is 11.3 Å². The normalized spacial score (nSPS) is 11.0. The number of carbonyl (C=O) groups is 1. The number of amides is 1. The first-order chi connectivity index (χ1) is 12.9. The van der Waals surface area contributed by atoms with E-state index in [9.17, 15) is 4.79 Å². The van der Waals surface area contributed by atoms with Gasteiger partial charge in [-0.1, -0.05) is 26.0 Å². The highest BCUT2D eigenvalue weighted by atomic mass is 32.1. The number of hydrogen-bond donors (Lipinski definition) is 0. The Morgan fingerprint density at radius 2 is 2.00 bits per heavy atom. The number of carbonyl (C=O) groups excluding carboxylic acids is 1. The van der Waals surface area contributed by atoms with Crippen LogP contribution in [0.25, 0.3) is 0 Å². The van der Waals surface area contributed by atoms with Crippen LogP contribution < -0.4 is 4.74 Å². The zero-order valence-electron chi connectivity index (χ0n) is 16.2. The van der Waals surface area contributed by atoms with Crippen LogP contribution in [0.3, 0.4) is 0 Å². The van der Waals surface area contributed by atoms with E-state index in [1.807, 2.05) is 43.7 Å². The Morgan fingerprint density at radius 1 is 1.26 bits per heavy atom. The molecule has 6 heteroatoms. The van der Waals surface area contributed by atoms with Gasteiger partial charge in [-0.2, -0.15) is 5.10 Å². The number of thiophene rings is 1. The zero-order valence-corrected chi connectivity index (χ0v) is 17.0. The van der Waals surface area contributed by atoms with E-state index in [4.69, 9.17) is 4.74 Å². The van der Waals surface area contributed by atoms with E-state index < -0.39 is 0 Å². The van der Waals surface area contributed by atoms with Crippen molar-refractivity contribution >= 4 is 17.2 Å². The van der Waals surface area contributed by atoms with E-state index in [-0.39, 0.29) is 5.91 Å². The zero-order chi connectivity index (χ0) is 19.4. The molecular weight excluding hydrogens is 358 g/mol. The minimum absolute atomic E-state index is 0.00809. The largest absolute Gasteiger partial charge is 0.489 e. The number of nitrogens with zero attached hydrogens (tertiary/aromatic N) is 3. The summed E-state index contributed by atoms with van der Waals surface area (Å²) in [5.74, 6) is 1.35. The molecule has 3 aromatic rings. The van der Waals surface area contributed by atoms with Gasteiger partial charge in [0, 0.05) is 25.9 Å². The predicted octanol–water partition coefficient (Wildman–Crippen LogP) is 4.46. The van der Waals surface area contributed by atoms with Gasteiger partial charge in [0.1, 0.15) is 12.4 Å². The molecule has 0 aliphatic heterocycles. The molecule has 27 heavy (non-hydrogen) atoms. The first-order valence-electron chi connectivity index (χ1n) is 8.96. The number of aryl methyl sites for hydroxylation is 1. The molecule has 0 saturated carbocycles. The first kappa shape index (κ1) is 19.2. The maximum absolute atomic E-state index is 12.6. The van der Waals surface area contributed by atoms with Crippen LogP contribution in [0, 0.1) is 0 Å². The second-order valence-corrected chi connectivity index (χ2v) is 7.85. The van der Waals surface area contributed by atoms with Crippen LogP contribution in [0.15, 0.2) is 48.0 Å². The van der Waals surface area contributed by atoms with Crippen LogP contribution in [0.4, 0.5) is 0 Å². The maximum atomic E-state index is 12.6. The molecule has 5 nitrogen and oxygen atoms in total. The second kappa shape index (κ2) is 8.39. The quantitative estimate of drug-likeness (QED) is 0.605. The molecule has 1 amide bonds. The average Bonchev–Trinajstić information content (AvgIpc) is 3.29. The van der Waals surface area contributed by atoms with Crippen LogP contribution in [0.2, 0.25) is 0 Å². The Kier molecular flexibility index (Phi) is 5.96. The topological polar surface area (TPSA) is 47.4 Å². The van der Waals surface area contributed by atoms with E-state index in [2.05, 4.69) is 31.1 Å². The van der Waals surface area contributed by atoms with Crippen LogP contribution >= 0.6 is 11.3 Å². The summed E-state index contributed by atoms with van der Waals surface area (Å²) < 4.78 is 7.63. The van der Waals surface area contributed by atoms with Crippen molar-refractivity contribution in [1.82, 2.24) is 14.7 Å². The molecule has 0 unspecified atom stereocenters. The minimum atomic E-state index is 0.00809. The molecule has 0 aliphatic rings. The van der Waals surface area contributed by atoms with Crippen LogP contribution in [-0.4, -0.2) is 27.6 Å². The maximum Gasteiger partial charge on any atom is 0.264 e. The summed E-state index contributed by atoms with van der Waals surface area (Å²) >= 11 is 1.45. The summed E-state index contributed by atoms with van der Waals surface area (Å²) in [4.78, 5) is 15.1. The van der Waals surface area contributed by atoms with Crippen LogP contribution in [0.1, 0.15) is 46.3 Å². The number of ether oxygens (including phenoxy) is 1. The van der Waals surface area contributed by atoms with Crippen molar-refractivity contribution in [3.05, 3.63) is 69.7 Å². The van der Waals surface area contributed by atoms with Gasteiger partial charge < -0.3 is 9.64 Å². The molecule has 2 heterocycles. The van der Waals surface area contributed by atoms with E-state index in [0.717, 1.165) is 17.0 Å². The third kappa shape index (κ3) is 4.77. The smallest absolute Gasteiger partial charge is 0.264 e. The van der Waals surface area contributed by atoms with Crippen LogP contribution in [-0.2, 0) is 20.2 Å². The van der Waals surface area contributed by atoms with Crippen molar-refractivity contribution in [3.8, 4) is 5.75 Å². The number of rotatable bonds is 7. The lowest BCUT2D eigenvalue weighted by Crippen LogP contribution is -2.26. The second-order valence-electron chi connectivity index (χ2n) is 6.94. The molecule has 0 bridgehead atoms. The summed E-state index contributed by atoms with van der Waals surface area (Å²) in [6, 6.07) is 12.0. The summed E-state index contributed by atoms with van der Waals surface area (Å²) in [5, 5.41) is 6.12. The SMILES string of the molecule is CC(C)c1ccc(OCc2csc(C(=O)N(C)Cc3ccnn3C)c2)cc1. The molecule has 0 aliphatic carbocycles. The summed E-state index contributed by atoms with van der Waals surface area (Å²) in [7, 11) is 3.68. The van der Waals surface area contributed by atoms with Gasteiger partial charge in [0.05, 0.1) is 17.1 Å². The van der Waals surface area contributed by atoms with Gasteiger partial charge in [-0.25, -0.2) is 0 Å². The average molecular weight is 384 g/mol. The Bertz CT molecular complexity index is 896. The van der Waals surface area contributed by atoms with Gasteiger partial charge >= 0.3 is 0 Å². The van der Waals surface area contributed by atoms with Gasteiger partial charge in [-0.3, -0.25) is 9.48 Å². The third-order valence-corrected chi connectivity index (χ3v) is 5.45. The Labute approximate surface area is 164 Å². The Morgan fingerprint density at radius 3 is 2.63 bits per heavy atom. The predicted molar refractivity (Wildman–Crippen MR) is 108 cm³/mol. The van der Waals surface area contributed by atoms with Crippen molar-refractivity contribution in [2.45, 2.75) is 32.9 Å². The number of aromatic nitrogens is 2. The van der Waals surface area contributed by atoms with Gasteiger partial charge in [0.25, 0.3) is 5.91 Å². The molecule has 0 atom stereocenters. The molecule has 0 spiro atoms. The molecular formula is C21H25N3O2S. The van der Waals surface area contributed by atoms with Crippen LogP contribution in [0.5, 0.6) is 5.75 Å². The van der Waals surface area contributed by atoms with Crippen molar-refractivity contribution < 1.29 is 9.53 Å². The molecule has 0 saturated heterocycles. The lowest BCUT2D eigenvalue weighted by atomic mass is 10.0. The molecule has 1 aromatic carbocycles. The lowest BCUT2D eigenvalue weighted by Gasteiger charge is -2.16. The van der Waals surface area contributed by atoms with E-state index >= 15 is 0 Å². The highest BCUT2D eigenvalue weighted by Gasteiger charge is 2.16. The van der Waals surface area contributed by atoms with Crippen molar-refractivity contribution in [3.63, 3.8) is 0 Å². The number of benzene rings is 1. The fourth-order valence-corrected chi connectivity index (χ4v) is 3.63. The Hall–Kier alpha value is -2.60. The fraction of sp³-hybridized carbons (Fsp3) is 0.333. The van der Waals surface area contributed by atoms with Gasteiger partial charge in [-0.05, 0) is 41.1 Å². The molecule has 0 fully saturated rings. The minimum Gasteiger partial charge on any atom is -0.489 e. The molecule has 0 N–H and O–H groups in total. The standard InChI is InChI=1S/C21H25N3O2S/c1-15(2)17-5-7-19(8-6-17)26-13-16-11-20(27-14-16)21(25)23(3)12-18-9-10-22-24(18)4/h5-11,14-15H,12-13H2,1-4H3. The fourth-order valence-electron chi connectivity index (χ4n) is 2.74. The van der Waals surface area contributed by atoms with Gasteiger partial charge in [0.15, 0.2) is 0 Å². The monoisotopic (exact) mass is 383 g/mol. The third-order valence-electron chi connectivity index (χ3n) is 4.49. The summed E-state index contributed by atoms with van der Waals surface area (Å²) in [5.41, 5.74) is 3.29. The highest BCUT2D eigenvalue weighted by molar-refractivity contribution is 7.12. The first-order valence-corrected chi connectivity index (χ1v) is 9.84. The molecule has 0 radical (unpaired) electrons. The number of hydrogen-bond acceptors (Lipinski definition) is 4. The van der Waals surface area contributed by atoms with Crippen molar-refractivity contribution in [2.24, 2.45) is 7.05 Å². The summed E-state index contributed by atoms with van der Waals surface area (Å²) in [6.45, 7) is 5.33. The molecule has 3 rings (SSSR count). The lowest BCUT2D eigenvalue weighted by molar-refractivity contribution is 0.0786. The van der Waals surface area contributed by atoms with Crippen molar-refractivity contribution in [2.75, 3.05) is 7.05 Å². The molecule has 2 aromatic heterocycles. The van der Waals surface area contributed by atoms with E-state index in [0.29, 0.717) is 23.9 Å². The Balaban J connectivity index is 1.57. The van der Waals surface area contributed by atoms with Gasteiger partial charge in [0.2, 0.25) is 0 Å². The highest BCUT2D eigenvalue weighted by Crippen LogP contribution is 2.22.